The maximum atomic E-state index is 12.2. The first-order chi connectivity index (χ1) is 13.5. The van der Waals surface area contributed by atoms with Crippen molar-refractivity contribution in [3.05, 3.63) is 28.8 Å². The Morgan fingerprint density at radius 2 is 2.07 bits per heavy atom. The van der Waals surface area contributed by atoms with Crippen LogP contribution in [-0.2, 0) is 24.2 Å². The highest BCUT2D eigenvalue weighted by molar-refractivity contribution is 14.0. The minimum absolute atomic E-state index is 0. The second-order valence-electron chi connectivity index (χ2n) is 8.17. The zero-order chi connectivity index (χ0) is 20.1. The van der Waals surface area contributed by atoms with E-state index in [1.54, 1.807) is 0 Å². The maximum Gasteiger partial charge on any atom is 0.225 e. The maximum absolute atomic E-state index is 12.2. The molecule has 1 saturated heterocycles. The molecule has 1 aromatic rings. The fourth-order valence-corrected chi connectivity index (χ4v) is 4.18. The Kier molecular flexibility index (Phi) is 9.04. The third kappa shape index (κ3) is 5.99. The van der Waals surface area contributed by atoms with Crippen LogP contribution in [0.1, 0.15) is 56.7 Å². The Morgan fingerprint density at radius 3 is 2.79 bits per heavy atom. The molecule has 1 fully saturated rings. The van der Waals surface area contributed by atoms with Crippen molar-refractivity contribution in [3.8, 4) is 5.75 Å². The van der Waals surface area contributed by atoms with Gasteiger partial charge in [0.15, 0.2) is 5.96 Å². The van der Waals surface area contributed by atoms with E-state index in [2.05, 4.69) is 16.7 Å². The number of phenols is 1. The second-order valence-corrected chi connectivity index (χ2v) is 8.17. The highest BCUT2D eigenvalue weighted by Crippen LogP contribution is 2.31. The van der Waals surface area contributed by atoms with Crippen molar-refractivity contribution in [3.63, 3.8) is 0 Å². The summed E-state index contributed by atoms with van der Waals surface area (Å²) in [5.74, 6) is 1.34. The van der Waals surface area contributed by atoms with Gasteiger partial charge in [0.2, 0.25) is 5.91 Å². The number of hydrogen-bond acceptors (Lipinski definition) is 3. The molecule has 1 aliphatic carbocycles. The minimum Gasteiger partial charge on any atom is -0.508 e. The fraction of sp³-hybridized carbons (Fsp3) is 0.636. The van der Waals surface area contributed by atoms with Crippen molar-refractivity contribution >= 4 is 35.8 Å². The number of nitrogens with one attached hydrogen (secondary N) is 2. The molecule has 1 aromatic carbocycles. The molecule has 0 spiro atoms. The molecule has 0 aromatic heterocycles. The fourth-order valence-electron chi connectivity index (χ4n) is 4.18. The monoisotopic (exact) mass is 514 g/mol. The summed E-state index contributed by atoms with van der Waals surface area (Å²) in [5, 5.41) is 17.2. The van der Waals surface area contributed by atoms with Gasteiger partial charge >= 0.3 is 0 Å². The predicted octanol–water partition coefficient (Wildman–Crippen LogP) is 3.20. The number of aliphatic imine (C=N–C) groups is 1. The first-order valence-electron chi connectivity index (χ1n) is 10.7. The Bertz CT molecular complexity index is 736. The number of halogens is 1. The summed E-state index contributed by atoms with van der Waals surface area (Å²) < 4.78 is 0. The van der Waals surface area contributed by atoms with Crippen LogP contribution in [-0.4, -0.2) is 47.5 Å². The standard InChI is InChI=1S/C22H34N4O2.HI/c1-4-23-22(25-17-11-12-26(14-17)21(28)15(2)3)24-13-19-18-8-6-5-7-16(18)9-10-20(19)27;/h9-10,15,17,27H,4-8,11-14H2,1-3H3,(H2,23,24,25);1H. The Morgan fingerprint density at radius 1 is 1.31 bits per heavy atom. The lowest BCUT2D eigenvalue weighted by atomic mass is 9.88. The van der Waals surface area contributed by atoms with Gasteiger partial charge in [-0.25, -0.2) is 4.99 Å². The van der Waals surface area contributed by atoms with Crippen LogP contribution in [0.3, 0.4) is 0 Å². The summed E-state index contributed by atoms with van der Waals surface area (Å²) in [6.45, 7) is 8.68. The molecule has 1 unspecified atom stereocenters. The van der Waals surface area contributed by atoms with Crippen LogP contribution in [0.4, 0.5) is 0 Å². The average Bonchev–Trinajstić information content (AvgIpc) is 3.15. The number of guanidine groups is 1. The second kappa shape index (κ2) is 11.0. The predicted molar refractivity (Wildman–Crippen MR) is 128 cm³/mol. The molecule has 162 valence electrons. The molecule has 7 heteroatoms. The van der Waals surface area contributed by atoms with Gasteiger partial charge in [-0.3, -0.25) is 4.79 Å². The highest BCUT2D eigenvalue weighted by atomic mass is 127. The average molecular weight is 514 g/mol. The van der Waals surface area contributed by atoms with E-state index in [0.717, 1.165) is 43.9 Å². The number of aryl methyl sites for hydroxylation is 1. The Hall–Kier alpha value is -1.51. The number of benzene rings is 1. The van der Waals surface area contributed by atoms with Crippen molar-refractivity contribution in [2.24, 2.45) is 10.9 Å². The Labute approximate surface area is 191 Å². The lowest BCUT2D eigenvalue weighted by Gasteiger charge is -2.21. The SMILES string of the molecule is CCNC(=NCc1c(O)ccc2c1CCCC2)NC1CCN(C(=O)C(C)C)C1.I. The highest BCUT2D eigenvalue weighted by Gasteiger charge is 2.28. The van der Waals surface area contributed by atoms with Gasteiger partial charge in [-0.1, -0.05) is 19.9 Å². The quantitative estimate of drug-likeness (QED) is 0.321. The first-order valence-corrected chi connectivity index (χ1v) is 10.7. The largest absolute Gasteiger partial charge is 0.508 e. The molecule has 0 bridgehead atoms. The van der Waals surface area contributed by atoms with E-state index < -0.39 is 0 Å². The number of phenolic OH excluding ortho intramolecular Hbond substituents is 1. The minimum atomic E-state index is 0. The lowest BCUT2D eigenvalue weighted by Crippen LogP contribution is -2.45. The molecule has 1 atom stereocenters. The van der Waals surface area contributed by atoms with Crippen LogP contribution in [0, 0.1) is 5.92 Å². The van der Waals surface area contributed by atoms with Crippen LogP contribution in [0.5, 0.6) is 5.75 Å². The number of likely N-dealkylation sites (tertiary alicyclic amines) is 1. The van der Waals surface area contributed by atoms with Crippen LogP contribution < -0.4 is 10.6 Å². The summed E-state index contributed by atoms with van der Waals surface area (Å²) in [7, 11) is 0. The van der Waals surface area contributed by atoms with E-state index in [4.69, 9.17) is 4.99 Å². The summed E-state index contributed by atoms with van der Waals surface area (Å²) in [5.41, 5.74) is 3.59. The third-order valence-electron chi connectivity index (χ3n) is 5.70. The zero-order valence-electron chi connectivity index (χ0n) is 17.8. The molecule has 0 radical (unpaired) electrons. The van der Waals surface area contributed by atoms with Crippen LogP contribution in [0.25, 0.3) is 0 Å². The number of rotatable bonds is 5. The van der Waals surface area contributed by atoms with E-state index in [9.17, 15) is 9.90 Å². The van der Waals surface area contributed by atoms with Crippen molar-refractivity contribution in [1.82, 2.24) is 15.5 Å². The van der Waals surface area contributed by atoms with Crippen molar-refractivity contribution in [2.45, 2.75) is 65.5 Å². The van der Waals surface area contributed by atoms with E-state index in [1.165, 1.54) is 24.0 Å². The number of carbonyl (C=O) groups excluding carboxylic acids is 1. The van der Waals surface area contributed by atoms with Gasteiger partial charge < -0.3 is 20.6 Å². The topological polar surface area (TPSA) is 77.0 Å². The van der Waals surface area contributed by atoms with Crippen molar-refractivity contribution < 1.29 is 9.90 Å². The van der Waals surface area contributed by atoms with E-state index in [1.807, 2.05) is 31.7 Å². The number of carbonyl (C=O) groups is 1. The number of nitrogens with zero attached hydrogens (tertiary/aromatic N) is 2. The van der Waals surface area contributed by atoms with Gasteiger partial charge in [0.1, 0.15) is 5.75 Å². The number of hydrogen-bond donors (Lipinski definition) is 3. The molecule has 2 aliphatic rings. The van der Waals surface area contributed by atoms with Crippen molar-refractivity contribution in [1.29, 1.82) is 0 Å². The van der Waals surface area contributed by atoms with Gasteiger partial charge in [-0.15, -0.1) is 24.0 Å². The number of aromatic hydroxyl groups is 1. The van der Waals surface area contributed by atoms with Crippen molar-refractivity contribution in [2.75, 3.05) is 19.6 Å². The van der Waals surface area contributed by atoms with Gasteiger partial charge in [0.25, 0.3) is 0 Å². The summed E-state index contributed by atoms with van der Waals surface area (Å²) >= 11 is 0. The third-order valence-corrected chi connectivity index (χ3v) is 5.70. The summed E-state index contributed by atoms with van der Waals surface area (Å²) in [6.07, 6.45) is 5.43. The molecule has 1 amide bonds. The molecule has 3 N–H and O–H groups in total. The number of amides is 1. The van der Waals surface area contributed by atoms with Crippen LogP contribution in [0.2, 0.25) is 0 Å². The molecule has 1 heterocycles. The first kappa shape index (κ1) is 23.8. The summed E-state index contributed by atoms with van der Waals surface area (Å²) in [6, 6.07) is 4.07. The van der Waals surface area contributed by atoms with Gasteiger partial charge in [0, 0.05) is 37.2 Å². The molecular weight excluding hydrogens is 479 g/mol. The normalized spacial score (nSPS) is 19.0. The van der Waals surface area contributed by atoms with Gasteiger partial charge in [0.05, 0.1) is 6.54 Å². The molecule has 3 rings (SSSR count). The molecular formula is C22H35IN4O2. The lowest BCUT2D eigenvalue weighted by molar-refractivity contribution is -0.133. The summed E-state index contributed by atoms with van der Waals surface area (Å²) in [4.78, 5) is 18.9. The molecule has 1 aliphatic heterocycles. The molecule has 6 nitrogen and oxygen atoms in total. The Balaban J connectivity index is 0.00000300. The number of fused-ring (bicyclic) bond motifs is 1. The van der Waals surface area contributed by atoms with Crippen LogP contribution >= 0.6 is 24.0 Å². The molecule has 29 heavy (non-hydrogen) atoms. The van der Waals surface area contributed by atoms with Gasteiger partial charge in [-0.2, -0.15) is 0 Å². The van der Waals surface area contributed by atoms with E-state index >= 15 is 0 Å². The zero-order valence-corrected chi connectivity index (χ0v) is 20.2. The van der Waals surface area contributed by atoms with E-state index in [-0.39, 0.29) is 41.8 Å². The smallest absolute Gasteiger partial charge is 0.225 e. The molecule has 0 saturated carbocycles. The van der Waals surface area contributed by atoms with Crippen LogP contribution in [0.15, 0.2) is 17.1 Å². The van der Waals surface area contributed by atoms with Gasteiger partial charge in [-0.05, 0) is 56.2 Å². The van der Waals surface area contributed by atoms with E-state index in [0.29, 0.717) is 18.8 Å².